The summed E-state index contributed by atoms with van der Waals surface area (Å²) in [5.41, 5.74) is 0. The molecule has 19 heavy (non-hydrogen) atoms. The van der Waals surface area contributed by atoms with Crippen molar-refractivity contribution in [2.24, 2.45) is 0 Å². The van der Waals surface area contributed by atoms with E-state index in [9.17, 15) is 4.79 Å². The highest BCUT2D eigenvalue weighted by Gasteiger charge is 2.27. The molecule has 0 aromatic carbocycles. The van der Waals surface area contributed by atoms with Gasteiger partial charge in [0.1, 0.15) is 0 Å². The molecule has 1 unspecified atom stereocenters. The zero-order chi connectivity index (χ0) is 13.7. The first kappa shape index (κ1) is 13.7. The quantitative estimate of drug-likeness (QED) is 0.874. The highest BCUT2D eigenvalue weighted by molar-refractivity contribution is 7.17. The van der Waals surface area contributed by atoms with Crippen molar-refractivity contribution < 1.29 is 9.53 Å². The molecule has 1 aliphatic heterocycles. The van der Waals surface area contributed by atoms with Gasteiger partial charge in [-0.05, 0) is 6.42 Å². The van der Waals surface area contributed by atoms with Crippen LogP contribution in [0, 0.1) is 11.3 Å². The van der Waals surface area contributed by atoms with Gasteiger partial charge in [0.2, 0.25) is 10.1 Å². The fourth-order valence-corrected chi connectivity index (χ4v) is 2.40. The first-order chi connectivity index (χ1) is 9.24. The van der Waals surface area contributed by atoms with E-state index in [-0.39, 0.29) is 12.5 Å². The van der Waals surface area contributed by atoms with Crippen molar-refractivity contribution in [2.75, 3.05) is 31.6 Å². The second kappa shape index (κ2) is 6.45. The van der Waals surface area contributed by atoms with Gasteiger partial charge in [0.15, 0.2) is 6.10 Å². The number of nitrogens with one attached hydrogen (secondary N) is 1. The van der Waals surface area contributed by atoms with E-state index in [1.165, 1.54) is 11.3 Å². The zero-order valence-electron chi connectivity index (χ0n) is 10.6. The molecule has 1 fully saturated rings. The summed E-state index contributed by atoms with van der Waals surface area (Å²) >= 11 is 1.24. The van der Waals surface area contributed by atoms with Gasteiger partial charge in [-0.3, -0.25) is 4.79 Å². The summed E-state index contributed by atoms with van der Waals surface area (Å²) < 4.78 is 5.20. The van der Waals surface area contributed by atoms with Crippen LogP contribution in [0.15, 0.2) is 0 Å². The Morgan fingerprint density at radius 1 is 1.68 bits per heavy atom. The first-order valence-corrected chi connectivity index (χ1v) is 6.94. The van der Waals surface area contributed by atoms with Crippen molar-refractivity contribution in [3.05, 3.63) is 5.01 Å². The summed E-state index contributed by atoms with van der Waals surface area (Å²) in [5, 5.41) is 20.7. The monoisotopic (exact) mass is 281 g/mol. The number of nitrogens with zero attached hydrogens (tertiary/aromatic N) is 4. The Morgan fingerprint density at radius 3 is 3.26 bits per heavy atom. The highest BCUT2D eigenvalue weighted by atomic mass is 32.1. The van der Waals surface area contributed by atoms with E-state index in [0.717, 1.165) is 13.0 Å². The third-order valence-electron chi connectivity index (χ3n) is 2.63. The van der Waals surface area contributed by atoms with E-state index < -0.39 is 6.10 Å². The molecule has 7 nitrogen and oxygen atoms in total. The second-order valence-corrected chi connectivity index (χ2v) is 5.06. The Hall–Kier alpha value is -1.72. The number of hydrogen-bond acceptors (Lipinski definition) is 7. The second-order valence-electron chi connectivity index (χ2n) is 4.08. The maximum atomic E-state index is 12.2. The molecule has 2 heterocycles. The first-order valence-electron chi connectivity index (χ1n) is 6.12. The van der Waals surface area contributed by atoms with E-state index in [1.807, 2.05) is 6.07 Å². The number of amides is 1. The summed E-state index contributed by atoms with van der Waals surface area (Å²) in [6, 6.07) is 2.01. The number of hydrogen-bond donors (Lipinski definition) is 1. The molecule has 0 aliphatic carbocycles. The Morgan fingerprint density at radius 2 is 2.53 bits per heavy atom. The van der Waals surface area contributed by atoms with Crippen molar-refractivity contribution in [1.82, 2.24) is 15.1 Å². The van der Waals surface area contributed by atoms with Crippen molar-refractivity contribution >= 4 is 22.4 Å². The SMILES string of the molecule is CCCNc1nnc(C(=O)N2CCOC(C#N)C2)s1. The lowest BCUT2D eigenvalue weighted by Gasteiger charge is -2.28. The zero-order valence-corrected chi connectivity index (χ0v) is 11.4. The summed E-state index contributed by atoms with van der Waals surface area (Å²) in [6.45, 7) is 4.00. The number of rotatable bonds is 4. The predicted octanol–water partition coefficient (Wildman–Crippen LogP) is 0.725. The van der Waals surface area contributed by atoms with Crippen LogP contribution in [0.2, 0.25) is 0 Å². The molecule has 8 heteroatoms. The lowest BCUT2D eigenvalue weighted by Crippen LogP contribution is -2.45. The Bertz CT molecular complexity index is 484. The lowest BCUT2D eigenvalue weighted by atomic mass is 10.3. The average molecular weight is 281 g/mol. The molecular weight excluding hydrogens is 266 g/mol. The fraction of sp³-hybridized carbons (Fsp3) is 0.636. The summed E-state index contributed by atoms with van der Waals surface area (Å²) in [6.07, 6.45) is 0.430. The van der Waals surface area contributed by atoms with Crippen LogP contribution in [0.1, 0.15) is 23.1 Å². The summed E-state index contributed by atoms with van der Waals surface area (Å²) in [4.78, 5) is 13.8. The molecule has 0 saturated carbocycles. The molecule has 0 bridgehead atoms. The largest absolute Gasteiger partial charge is 0.360 e. The van der Waals surface area contributed by atoms with Gasteiger partial charge in [-0.1, -0.05) is 18.3 Å². The topological polar surface area (TPSA) is 91.1 Å². The minimum atomic E-state index is -0.552. The Balaban J connectivity index is 1.99. The predicted molar refractivity (Wildman–Crippen MR) is 69.9 cm³/mol. The number of carbonyl (C=O) groups is 1. The van der Waals surface area contributed by atoms with Gasteiger partial charge in [0.05, 0.1) is 19.2 Å². The van der Waals surface area contributed by atoms with Crippen molar-refractivity contribution in [1.29, 1.82) is 5.26 Å². The van der Waals surface area contributed by atoms with Crippen LogP contribution in [0.25, 0.3) is 0 Å². The van der Waals surface area contributed by atoms with Crippen molar-refractivity contribution in [2.45, 2.75) is 19.4 Å². The molecule has 0 spiro atoms. The van der Waals surface area contributed by atoms with Gasteiger partial charge in [-0.15, -0.1) is 10.2 Å². The number of aromatic nitrogens is 2. The van der Waals surface area contributed by atoms with Gasteiger partial charge >= 0.3 is 0 Å². The summed E-state index contributed by atoms with van der Waals surface area (Å²) in [7, 11) is 0. The number of ether oxygens (including phenoxy) is 1. The normalized spacial score (nSPS) is 18.9. The van der Waals surface area contributed by atoms with Crippen LogP contribution < -0.4 is 5.32 Å². The van der Waals surface area contributed by atoms with Crippen LogP contribution in [0.5, 0.6) is 0 Å². The maximum absolute atomic E-state index is 12.2. The van der Waals surface area contributed by atoms with Gasteiger partial charge in [0, 0.05) is 13.1 Å². The van der Waals surface area contributed by atoms with Crippen LogP contribution in [-0.4, -0.2) is 53.3 Å². The smallest absolute Gasteiger partial charge is 0.285 e. The standard InChI is InChI=1S/C11H15N5O2S/c1-2-3-13-11-15-14-9(19-11)10(17)16-4-5-18-8(6-12)7-16/h8H,2-5,7H2,1H3,(H,13,15). The number of anilines is 1. The van der Waals surface area contributed by atoms with E-state index in [2.05, 4.69) is 22.4 Å². The Kier molecular flexibility index (Phi) is 4.65. The Labute approximate surface area is 115 Å². The number of carbonyl (C=O) groups excluding carboxylic acids is 1. The molecule has 1 aromatic rings. The number of nitriles is 1. The summed E-state index contributed by atoms with van der Waals surface area (Å²) in [5.74, 6) is -0.189. The highest BCUT2D eigenvalue weighted by Crippen LogP contribution is 2.18. The molecule has 1 N–H and O–H groups in total. The molecule has 1 amide bonds. The van der Waals surface area contributed by atoms with Crippen LogP contribution in [0.4, 0.5) is 5.13 Å². The molecule has 1 aliphatic rings. The van der Waals surface area contributed by atoms with E-state index in [4.69, 9.17) is 10.00 Å². The maximum Gasteiger partial charge on any atom is 0.285 e. The fourth-order valence-electron chi connectivity index (χ4n) is 1.66. The third kappa shape index (κ3) is 3.39. The van der Waals surface area contributed by atoms with E-state index in [1.54, 1.807) is 4.90 Å². The van der Waals surface area contributed by atoms with Crippen LogP contribution in [-0.2, 0) is 4.74 Å². The van der Waals surface area contributed by atoms with Crippen LogP contribution >= 0.6 is 11.3 Å². The van der Waals surface area contributed by atoms with E-state index >= 15 is 0 Å². The molecule has 1 aromatic heterocycles. The van der Waals surface area contributed by atoms with Gasteiger partial charge in [0.25, 0.3) is 5.91 Å². The lowest BCUT2D eigenvalue weighted by molar-refractivity contribution is 0.00342. The van der Waals surface area contributed by atoms with Gasteiger partial charge in [-0.2, -0.15) is 5.26 Å². The molecule has 1 saturated heterocycles. The molecule has 2 rings (SSSR count). The number of morpholine rings is 1. The molecular formula is C11H15N5O2S. The van der Waals surface area contributed by atoms with E-state index in [0.29, 0.717) is 23.3 Å². The minimum absolute atomic E-state index is 0.189. The third-order valence-corrected chi connectivity index (χ3v) is 3.50. The molecule has 1 atom stereocenters. The van der Waals surface area contributed by atoms with Crippen LogP contribution in [0.3, 0.4) is 0 Å². The molecule has 102 valence electrons. The van der Waals surface area contributed by atoms with Gasteiger partial charge in [-0.25, -0.2) is 0 Å². The van der Waals surface area contributed by atoms with Crippen molar-refractivity contribution in [3.8, 4) is 6.07 Å². The van der Waals surface area contributed by atoms with Crippen molar-refractivity contribution in [3.63, 3.8) is 0 Å². The molecule has 0 radical (unpaired) electrons. The average Bonchev–Trinajstić information content (AvgIpc) is 2.93. The minimum Gasteiger partial charge on any atom is -0.360 e. The van der Waals surface area contributed by atoms with Gasteiger partial charge < -0.3 is 15.0 Å².